The summed E-state index contributed by atoms with van der Waals surface area (Å²) in [6.45, 7) is 0. The fourth-order valence-electron chi connectivity index (χ4n) is 10.6. The van der Waals surface area contributed by atoms with E-state index in [0.29, 0.717) is 0 Å². The number of hydrogen-bond donors (Lipinski definition) is 0. The van der Waals surface area contributed by atoms with Crippen molar-refractivity contribution in [3.63, 3.8) is 0 Å². The largest absolute Gasteiger partial charge is 0.456 e. The van der Waals surface area contributed by atoms with Gasteiger partial charge in [0.15, 0.2) is 0 Å². The molecule has 2 nitrogen and oxygen atoms in total. The molecule has 11 aromatic carbocycles. The smallest absolute Gasteiger partial charge is 0.135 e. The first-order valence-corrected chi connectivity index (χ1v) is 21.3. The molecule has 13 aromatic rings. The molecule has 0 unspecified atom stereocenters. The Morgan fingerprint density at radius 1 is 0.194 bits per heavy atom. The molecule has 62 heavy (non-hydrogen) atoms. The maximum absolute atomic E-state index is 6.31. The van der Waals surface area contributed by atoms with Crippen molar-refractivity contribution in [2.24, 2.45) is 0 Å². The second-order valence-corrected chi connectivity index (χ2v) is 16.7. The number of rotatable bonds is 2. The SMILES string of the molecule is c1ccc2c(c1)-c1cc3c4ccccc4c4ccccc4c3cc1-c1cc(-c3ccc4oc5ccccc5c4c3)ccc1-c1cccc(-c3ccc4oc5ccccc5c4c3)c1-2. The minimum atomic E-state index is 0.897. The van der Waals surface area contributed by atoms with Gasteiger partial charge in [-0.15, -0.1) is 0 Å². The Balaban J connectivity index is 1.10. The third-order valence-electron chi connectivity index (χ3n) is 13.4. The second-order valence-electron chi connectivity index (χ2n) is 16.7. The van der Waals surface area contributed by atoms with E-state index in [1.54, 1.807) is 0 Å². The molecule has 1 aliphatic carbocycles. The summed E-state index contributed by atoms with van der Waals surface area (Å²) >= 11 is 0. The van der Waals surface area contributed by atoms with Crippen molar-refractivity contribution in [1.29, 1.82) is 0 Å². The van der Waals surface area contributed by atoms with Gasteiger partial charge in [-0.25, -0.2) is 0 Å². The first kappa shape index (κ1) is 33.6. The van der Waals surface area contributed by atoms with Crippen LogP contribution in [0.15, 0.2) is 215 Å². The van der Waals surface area contributed by atoms with E-state index >= 15 is 0 Å². The predicted octanol–water partition coefficient (Wildman–Crippen LogP) is 17.3. The first-order valence-electron chi connectivity index (χ1n) is 21.3. The summed E-state index contributed by atoms with van der Waals surface area (Å²) in [4.78, 5) is 0. The minimum Gasteiger partial charge on any atom is -0.456 e. The Kier molecular flexibility index (Phi) is 6.86. The average Bonchev–Trinajstić information content (AvgIpc) is 3.91. The molecule has 14 rings (SSSR count). The van der Waals surface area contributed by atoms with Gasteiger partial charge in [0.25, 0.3) is 0 Å². The van der Waals surface area contributed by atoms with Crippen molar-refractivity contribution in [3.05, 3.63) is 206 Å². The Hall–Kier alpha value is -8.20. The summed E-state index contributed by atoms with van der Waals surface area (Å²) in [7, 11) is 0. The van der Waals surface area contributed by atoms with Crippen LogP contribution in [0.25, 0.3) is 143 Å². The van der Waals surface area contributed by atoms with Crippen LogP contribution in [0.2, 0.25) is 0 Å². The van der Waals surface area contributed by atoms with E-state index in [2.05, 4.69) is 188 Å². The molecule has 0 amide bonds. The average molecular weight is 787 g/mol. The van der Waals surface area contributed by atoms with Crippen LogP contribution < -0.4 is 0 Å². The van der Waals surface area contributed by atoms with E-state index in [-0.39, 0.29) is 0 Å². The lowest BCUT2D eigenvalue weighted by molar-refractivity contribution is 0.668. The van der Waals surface area contributed by atoms with E-state index in [4.69, 9.17) is 8.83 Å². The van der Waals surface area contributed by atoms with Gasteiger partial charge in [0, 0.05) is 21.5 Å². The molecule has 2 heterocycles. The van der Waals surface area contributed by atoms with Crippen LogP contribution in [0.5, 0.6) is 0 Å². The van der Waals surface area contributed by atoms with Gasteiger partial charge in [0.05, 0.1) is 0 Å². The predicted molar refractivity (Wildman–Crippen MR) is 260 cm³/mol. The van der Waals surface area contributed by atoms with E-state index in [1.807, 2.05) is 18.2 Å². The maximum Gasteiger partial charge on any atom is 0.135 e. The summed E-state index contributed by atoms with van der Waals surface area (Å²) < 4.78 is 12.6. The molecule has 2 heteroatoms. The monoisotopic (exact) mass is 786 g/mol. The minimum absolute atomic E-state index is 0.897. The fraction of sp³-hybridized carbons (Fsp3) is 0. The summed E-state index contributed by atoms with van der Waals surface area (Å²) in [5.74, 6) is 0. The van der Waals surface area contributed by atoms with Crippen LogP contribution in [0, 0.1) is 0 Å². The highest BCUT2D eigenvalue weighted by atomic mass is 16.3. The molecule has 0 saturated carbocycles. The van der Waals surface area contributed by atoms with Gasteiger partial charge in [0.2, 0.25) is 0 Å². The van der Waals surface area contributed by atoms with Gasteiger partial charge < -0.3 is 8.83 Å². The third-order valence-corrected chi connectivity index (χ3v) is 13.4. The summed E-state index contributed by atoms with van der Waals surface area (Å²) in [6, 6.07) is 75.7. The Morgan fingerprint density at radius 2 is 0.597 bits per heavy atom. The van der Waals surface area contributed by atoms with Crippen molar-refractivity contribution in [3.8, 4) is 66.8 Å². The molecule has 0 radical (unpaired) electrons. The van der Waals surface area contributed by atoms with Crippen LogP contribution in [-0.4, -0.2) is 0 Å². The normalized spacial score (nSPS) is 12.2. The zero-order chi connectivity index (χ0) is 40.5. The molecule has 0 spiro atoms. The number of para-hydroxylation sites is 2. The Bertz CT molecular complexity index is 4050. The van der Waals surface area contributed by atoms with Crippen LogP contribution in [0.3, 0.4) is 0 Å². The van der Waals surface area contributed by atoms with E-state index in [0.717, 1.165) is 60.6 Å². The van der Waals surface area contributed by atoms with Crippen LogP contribution in [0.1, 0.15) is 0 Å². The fourth-order valence-corrected chi connectivity index (χ4v) is 10.6. The lowest BCUT2D eigenvalue weighted by atomic mass is 9.77. The van der Waals surface area contributed by atoms with Crippen LogP contribution in [0.4, 0.5) is 0 Å². The maximum atomic E-state index is 6.31. The van der Waals surface area contributed by atoms with Crippen molar-refractivity contribution in [1.82, 2.24) is 0 Å². The number of furan rings is 2. The summed E-state index contributed by atoms with van der Waals surface area (Å²) in [5.41, 5.74) is 18.0. The highest BCUT2D eigenvalue weighted by Gasteiger charge is 2.26. The third kappa shape index (κ3) is 4.75. The molecule has 0 saturated heterocycles. The topological polar surface area (TPSA) is 26.3 Å². The molecule has 0 fully saturated rings. The Labute approximate surface area is 356 Å². The van der Waals surface area contributed by atoms with Gasteiger partial charge >= 0.3 is 0 Å². The summed E-state index contributed by atoms with van der Waals surface area (Å²) in [5, 5.41) is 12.1. The highest BCUT2D eigenvalue weighted by molar-refractivity contribution is 6.27. The van der Waals surface area contributed by atoms with Crippen molar-refractivity contribution in [2.45, 2.75) is 0 Å². The van der Waals surface area contributed by atoms with Crippen LogP contribution in [-0.2, 0) is 0 Å². The molecule has 286 valence electrons. The number of benzene rings is 11. The molecule has 1 aliphatic rings. The number of fused-ring (bicyclic) bond motifs is 20. The van der Waals surface area contributed by atoms with Gasteiger partial charge in [-0.1, -0.05) is 152 Å². The van der Waals surface area contributed by atoms with Gasteiger partial charge in [0.1, 0.15) is 22.3 Å². The number of hydrogen-bond acceptors (Lipinski definition) is 2. The second kappa shape index (κ2) is 12.7. The highest BCUT2D eigenvalue weighted by Crippen LogP contribution is 2.53. The molecule has 2 aromatic heterocycles. The standard InChI is InChI=1S/C60H34O2/c1-3-14-41-39(12-1)40-13-2-4-15-42(40)51-34-53-49-30-35(36-25-28-58-54(31-36)45-17-7-9-22-56(45)61-58)24-27-44(49)48-21-11-20-38(60(48)47-19-6-5-16-43(47)52(53)33-50(41)51)37-26-29-59-55(32-37)46-18-8-10-23-57(46)62-59/h1-34H. The quantitative estimate of drug-likeness (QED) is 0.163. The molecule has 0 N–H and O–H groups in total. The lowest BCUT2D eigenvalue weighted by Gasteiger charge is -2.26. The van der Waals surface area contributed by atoms with Crippen molar-refractivity contribution >= 4 is 76.2 Å². The van der Waals surface area contributed by atoms with Crippen LogP contribution >= 0.6 is 0 Å². The first-order chi connectivity index (χ1) is 30.7. The molecule has 0 atom stereocenters. The van der Waals surface area contributed by atoms with E-state index < -0.39 is 0 Å². The van der Waals surface area contributed by atoms with Gasteiger partial charge in [-0.3, -0.25) is 0 Å². The lowest BCUT2D eigenvalue weighted by Crippen LogP contribution is -2.00. The molecular formula is C60H34O2. The van der Waals surface area contributed by atoms with Gasteiger partial charge in [-0.2, -0.15) is 0 Å². The van der Waals surface area contributed by atoms with Crippen molar-refractivity contribution in [2.75, 3.05) is 0 Å². The zero-order valence-corrected chi connectivity index (χ0v) is 33.4. The zero-order valence-electron chi connectivity index (χ0n) is 33.4. The van der Waals surface area contributed by atoms with Gasteiger partial charge in [-0.05, 0) is 154 Å². The van der Waals surface area contributed by atoms with E-state index in [1.165, 1.54) is 82.4 Å². The van der Waals surface area contributed by atoms with Crippen molar-refractivity contribution < 1.29 is 8.83 Å². The molecule has 0 aliphatic heterocycles. The summed E-state index contributed by atoms with van der Waals surface area (Å²) in [6.07, 6.45) is 0. The van der Waals surface area contributed by atoms with E-state index in [9.17, 15) is 0 Å². The Morgan fingerprint density at radius 3 is 1.24 bits per heavy atom. The molecule has 0 bridgehead atoms. The molecular weight excluding hydrogens is 753 g/mol.